The zero-order valence-electron chi connectivity index (χ0n) is 28.8. The number of thiophene rings is 1. The monoisotopic (exact) mass is 659 g/mol. The summed E-state index contributed by atoms with van der Waals surface area (Å²) in [6, 6.07) is 56.6. The first-order chi connectivity index (χ1) is 24.3. The largest absolute Gasteiger partial charge is 0.308 e. The Morgan fingerprint density at radius 3 is 1.78 bits per heavy atom. The number of benzene rings is 7. The van der Waals surface area contributed by atoms with Crippen LogP contribution >= 0.6 is 11.3 Å². The summed E-state index contributed by atoms with van der Waals surface area (Å²) >= 11 is 1.92. The van der Waals surface area contributed by atoms with Crippen molar-refractivity contribution in [3.63, 3.8) is 0 Å². The lowest BCUT2D eigenvalue weighted by Crippen LogP contribution is -2.17. The van der Waals surface area contributed by atoms with E-state index in [1.165, 1.54) is 92.9 Å². The molecule has 0 spiro atoms. The Morgan fingerprint density at radius 2 is 0.980 bits per heavy atom. The molecule has 0 bridgehead atoms. The van der Waals surface area contributed by atoms with Gasteiger partial charge in [0.25, 0.3) is 0 Å². The molecule has 0 saturated heterocycles. The van der Waals surface area contributed by atoms with Gasteiger partial charge in [-0.15, -0.1) is 11.3 Å². The molecular formula is C48H37NS. The molecule has 2 aliphatic carbocycles. The van der Waals surface area contributed by atoms with Crippen LogP contribution in [0, 0.1) is 0 Å². The number of hydrogen-bond donors (Lipinski definition) is 0. The van der Waals surface area contributed by atoms with Crippen LogP contribution in [-0.4, -0.2) is 0 Å². The summed E-state index contributed by atoms with van der Waals surface area (Å²) < 4.78 is 2.63. The molecule has 2 heteroatoms. The molecule has 50 heavy (non-hydrogen) atoms. The molecule has 1 heterocycles. The summed E-state index contributed by atoms with van der Waals surface area (Å²) in [6.45, 7) is 9.50. The fraction of sp³-hybridized carbons (Fsp3) is 0.125. The second-order valence-corrected chi connectivity index (χ2v) is 15.9. The zero-order valence-corrected chi connectivity index (χ0v) is 29.6. The van der Waals surface area contributed by atoms with Gasteiger partial charge in [0.05, 0.1) is 16.1 Å². The second-order valence-electron chi connectivity index (χ2n) is 14.9. The van der Waals surface area contributed by atoms with Gasteiger partial charge in [-0.2, -0.15) is 0 Å². The molecule has 0 radical (unpaired) electrons. The molecule has 0 fully saturated rings. The molecule has 7 aromatic carbocycles. The third-order valence-electron chi connectivity index (χ3n) is 11.5. The van der Waals surface area contributed by atoms with Crippen LogP contribution in [0.5, 0.6) is 0 Å². The summed E-state index contributed by atoms with van der Waals surface area (Å²) in [5, 5.41) is 2.61. The molecule has 0 N–H and O–H groups in total. The van der Waals surface area contributed by atoms with E-state index in [-0.39, 0.29) is 10.8 Å². The van der Waals surface area contributed by atoms with Crippen molar-refractivity contribution in [1.29, 1.82) is 0 Å². The van der Waals surface area contributed by atoms with Crippen LogP contribution in [0.1, 0.15) is 49.9 Å². The van der Waals surface area contributed by atoms with Crippen molar-refractivity contribution in [2.75, 3.05) is 4.90 Å². The van der Waals surface area contributed by atoms with Gasteiger partial charge in [0.15, 0.2) is 0 Å². The average Bonchev–Trinajstić information content (AvgIpc) is 3.73. The van der Waals surface area contributed by atoms with Crippen LogP contribution < -0.4 is 4.90 Å². The van der Waals surface area contributed by atoms with Crippen molar-refractivity contribution in [1.82, 2.24) is 0 Å². The van der Waals surface area contributed by atoms with E-state index < -0.39 is 0 Å². The standard InChI is InChI=1S/C48H37NS/c1-47(2)39-23-11-9-18-37(39)44-40(47)24-14-25-42(44)49(31-27-28-34-33-17-8-10-22-38(33)48(3,4)41(34)29-31)43-26-13-21-36-35-20-12-19-32(45(35)50-46(36)43)30-15-6-5-7-16-30/h5-29H,1-4H3. The number of fused-ring (bicyclic) bond motifs is 9. The number of nitrogens with zero attached hydrogens (tertiary/aromatic N) is 1. The Kier molecular flexibility index (Phi) is 6.21. The number of rotatable bonds is 4. The first kappa shape index (κ1) is 29.5. The quantitative estimate of drug-likeness (QED) is 0.182. The van der Waals surface area contributed by atoms with Gasteiger partial charge < -0.3 is 4.90 Å². The number of anilines is 3. The predicted molar refractivity (Wildman–Crippen MR) is 215 cm³/mol. The summed E-state index contributed by atoms with van der Waals surface area (Å²) in [5.41, 5.74) is 16.9. The highest BCUT2D eigenvalue weighted by atomic mass is 32.1. The Bertz CT molecular complexity index is 2660. The molecule has 10 rings (SSSR count). The fourth-order valence-electron chi connectivity index (χ4n) is 8.99. The topological polar surface area (TPSA) is 3.24 Å². The van der Waals surface area contributed by atoms with Crippen LogP contribution in [0.15, 0.2) is 152 Å². The van der Waals surface area contributed by atoms with E-state index in [1.807, 2.05) is 11.3 Å². The van der Waals surface area contributed by atoms with Crippen molar-refractivity contribution in [3.05, 3.63) is 174 Å². The van der Waals surface area contributed by atoms with Gasteiger partial charge in [0, 0.05) is 37.6 Å². The zero-order chi connectivity index (χ0) is 33.8. The lowest BCUT2D eigenvalue weighted by molar-refractivity contribution is 0.660. The van der Waals surface area contributed by atoms with Gasteiger partial charge in [-0.3, -0.25) is 0 Å². The summed E-state index contributed by atoms with van der Waals surface area (Å²) in [6.07, 6.45) is 0. The Labute approximate surface area is 298 Å². The second kappa shape index (κ2) is 10.5. The highest BCUT2D eigenvalue weighted by Crippen LogP contribution is 2.57. The first-order valence-corrected chi connectivity index (χ1v) is 18.4. The van der Waals surface area contributed by atoms with Crippen molar-refractivity contribution in [2.24, 2.45) is 0 Å². The maximum Gasteiger partial charge on any atom is 0.0640 e. The Morgan fingerprint density at radius 1 is 0.420 bits per heavy atom. The Balaban J connectivity index is 1.28. The van der Waals surface area contributed by atoms with Gasteiger partial charge in [0.2, 0.25) is 0 Å². The van der Waals surface area contributed by atoms with Gasteiger partial charge in [0.1, 0.15) is 0 Å². The maximum absolute atomic E-state index is 2.57. The molecule has 0 atom stereocenters. The summed E-state index contributed by atoms with van der Waals surface area (Å²) in [5.74, 6) is 0. The molecule has 240 valence electrons. The molecular weight excluding hydrogens is 623 g/mol. The minimum absolute atomic E-state index is 0.0939. The molecule has 0 aliphatic heterocycles. The lowest BCUT2D eigenvalue weighted by atomic mass is 9.82. The third kappa shape index (κ3) is 4.00. The predicted octanol–water partition coefficient (Wildman–Crippen LogP) is 13.8. The van der Waals surface area contributed by atoms with Crippen LogP contribution in [0.25, 0.3) is 53.6 Å². The van der Waals surface area contributed by atoms with E-state index in [1.54, 1.807) is 0 Å². The molecule has 1 nitrogen and oxygen atoms in total. The Hall–Kier alpha value is -5.44. The van der Waals surface area contributed by atoms with Crippen molar-refractivity contribution in [3.8, 4) is 33.4 Å². The van der Waals surface area contributed by atoms with E-state index in [4.69, 9.17) is 0 Å². The molecule has 1 aromatic heterocycles. The van der Waals surface area contributed by atoms with E-state index in [2.05, 4.69) is 184 Å². The maximum atomic E-state index is 2.57. The van der Waals surface area contributed by atoms with E-state index in [9.17, 15) is 0 Å². The van der Waals surface area contributed by atoms with E-state index >= 15 is 0 Å². The van der Waals surface area contributed by atoms with Gasteiger partial charge >= 0.3 is 0 Å². The van der Waals surface area contributed by atoms with Gasteiger partial charge in [-0.25, -0.2) is 0 Å². The van der Waals surface area contributed by atoms with Crippen molar-refractivity contribution in [2.45, 2.75) is 38.5 Å². The molecule has 0 amide bonds. The molecule has 8 aromatic rings. The summed E-state index contributed by atoms with van der Waals surface area (Å²) in [7, 11) is 0. The van der Waals surface area contributed by atoms with E-state index in [0.717, 1.165) is 0 Å². The van der Waals surface area contributed by atoms with Crippen LogP contribution in [-0.2, 0) is 10.8 Å². The fourth-order valence-corrected chi connectivity index (χ4v) is 10.3. The third-order valence-corrected chi connectivity index (χ3v) is 12.8. The van der Waals surface area contributed by atoms with Crippen LogP contribution in [0.2, 0.25) is 0 Å². The minimum Gasteiger partial charge on any atom is -0.308 e. The SMILES string of the molecule is CC1(C)c2ccccc2-c2ccc(N(c3cccc4c3-c3ccccc3C4(C)C)c3cccc4c3sc3c(-c5ccccc5)cccc34)cc21. The smallest absolute Gasteiger partial charge is 0.0640 e. The highest BCUT2D eigenvalue weighted by molar-refractivity contribution is 7.27. The normalized spacial score (nSPS) is 14.7. The molecule has 0 saturated carbocycles. The van der Waals surface area contributed by atoms with Crippen LogP contribution in [0.4, 0.5) is 17.1 Å². The van der Waals surface area contributed by atoms with E-state index in [0.29, 0.717) is 0 Å². The van der Waals surface area contributed by atoms with Crippen molar-refractivity contribution < 1.29 is 0 Å². The molecule has 2 aliphatic rings. The lowest BCUT2D eigenvalue weighted by Gasteiger charge is -2.30. The molecule has 0 unspecified atom stereocenters. The van der Waals surface area contributed by atoms with Crippen molar-refractivity contribution >= 4 is 48.6 Å². The first-order valence-electron chi connectivity index (χ1n) is 17.6. The highest BCUT2D eigenvalue weighted by Gasteiger charge is 2.39. The van der Waals surface area contributed by atoms with Gasteiger partial charge in [-0.1, -0.05) is 155 Å². The number of hydrogen-bond acceptors (Lipinski definition) is 2. The van der Waals surface area contributed by atoms with Gasteiger partial charge in [-0.05, 0) is 74.3 Å². The average molecular weight is 660 g/mol. The minimum atomic E-state index is -0.102. The summed E-state index contributed by atoms with van der Waals surface area (Å²) in [4.78, 5) is 2.57. The van der Waals surface area contributed by atoms with Crippen LogP contribution in [0.3, 0.4) is 0 Å².